The van der Waals surface area contributed by atoms with Crippen LogP contribution in [0.15, 0.2) is 48.9 Å². The van der Waals surface area contributed by atoms with E-state index in [-0.39, 0.29) is 24.5 Å². The summed E-state index contributed by atoms with van der Waals surface area (Å²) in [5.41, 5.74) is 3.33. The smallest absolute Gasteiger partial charge is 0.251 e. The molecule has 2 aromatic heterocycles. The molecule has 0 fully saturated rings. The van der Waals surface area contributed by atoms with Gasteiger partial charge in [-0.25, -0.2) is 15.0 Å². The highest BCUT2D eigenvalue weighted by Crippen LogP contribution is 2.32. The normalized spacial score (nSPS) is 13.4. The third-order valence-corrected chi connectivity index (χ3v) is 6.04. The molecule has 0 bridgehead atoms. The van der Waals surface area contributed by atoms with Crippen molar-refractivity contribution in [1.29, 1.82) is 0 Å². The first-order chi connectivity index (χ1) is 17.3. The van der Waals surface area contributed by atoms with Gasteiger partial charge in [-0.05, 0) is 55.0 Å². The lowest BCUT2D eigenvalue weighted by atomic mass is 9.89. The monoisotopic (exact) mass is 492 g/mol. The van der Waals surface area contributed by atoms with Crippen LogP contribution in [0.25, 0.3) is 11.3 Å². The first-order valence-electron chi connectivity index (χ1n) is 12.1. The first-order valence-corrected chi connectivity index (χ1v) is 12.1. The topological polar surface area (TPSA) is 121 Å². The number of rotatable bonds is 12. The highest BCUT2D eigenvalue weighted by atomic mass is 16.5. The van der Waals surface area contributed by atoms with Crippen LogP contribution in [-0.4, -0.2) is 59.3 Å². The van der Waals surface area contributed by atoms with Gasteiger partial charge in [0.25, 0.3) is 5.91 Å². The molecule has 4 N–H and O–H groups in total. The van der Waals surface area contributed by atoms with E-state index in [9.17, 15) is 9.90 Å². The third kappa shape index (κ3) is 7.14. The largest absolute Gasteiger partial charge is 0.496 e. The van der Waals surface area contributed by atoms with E-state index in [1.807, 2.05) is 37.3 Å². The standard InChI is InChI=1S/C27H36N6O3/c1-17(10-18(2)22-8-6-20(27(35)28-4)11-24(22)36-5)13-29-26-12-23(31-16-32-26)21-7-9-25(30-14-21)33-19(3)15-34/h6-9,11-12,14,16-19,34H,10,13,15H2,1-5H3,(H,28,35)(H,30,33)(H,29,31,32)/t17?,18?,19-/m0/s1. The Balaban J connectivity index is 1.59. The minimum Gasteiger partial charge on any atom is -0.496 e. The SMILES string of the molecule is CNC(=O)c1ccc(C(C)CC(C)CNc2cc(-c3ccc(N[C@@H](C)CO)nc3)ncn2)c(OC)c1. The second-order valence-corrected chi connectivity index (χ2v) is 9.11. The zero-order valence-corrected chi connectivity index (χ0v) is 21.6. The van der Waals surface area contributed by atoms with Gasteiger partial charge in [0.2, 0.25) is 0 Å². The van der Waals surface area contributed by atoms with Gasteiger partial charge in [-0.3, -0.25) is 4.79 Å². The van der Waals surface area contributed by atoms with Gasteiger partial charge in [0, 0.05) is 43.0 Å². The van der Waals surface area contributed by atoms with Crippen LogP contribution in [0, 0.1) is 5.92 Å². The van der Waals surface area contributed by atoms with Crippen molar-refractivity contribution in [1.82, 2.24) is 20.3 Å². The zero-order chi connectivity index (χ0) is 26.1. The van der Waals surface area contributed by atoms with Gasteiger partial charge >= 0.3 is 0 Å². The molecule has 0 saturated carbocycles. The number of carbonyl (C=O) groups excluding carboxylic acids is 1. The number of ether oxygens (including phenoxy) is 1. The lowest BCUT2D eigenvalue weighted by molar-refractivity contribution is 0.0962. The summed E-state index contributed by atoms with van der Waals surface area (Å²) in [5, 5.41) is 18.4. The predicted octanol–water partition coefficient (Wildman–Crippen LogP) is 3.94. The lowest BCUT2D eigenvalue weighted by Crippen LogP contribution is -2.19. The lowest BCUT2D eigenvalue weighted by Gasteiger charge is -2.21. The van der Waals surface area contributed by atoms with Crippen LogP contribution in [0.2, 0.25) is 0 Å². The van der Waals surface area contributed by atoms with Gasteiger partial charge in [0.05, 0.1) is 19.4 Å². The number of aliphatic hydroxyl groups excluding tert-OH is 1. The van der Waals surface area contributed by atoms with Crippen molar-refractivity contribution in [2.45, 2.75) is 39.2 Å². The fraction of sp³-hybridized carbons (Fsp3) is 0.407. The van der Waals surface area contributed by atoms with E-state index >= 15 is 0 Å². The highest BCUT2D eigenvalue weighted by molar-refractivity contribution is 5.94. The van der Waals surface area contributed by atoms with E-state index < -0.39 is 0 Å². The summed E-state index contributed by atoms with van der Waals surface area (Å²) in [6.07, 6.45) is 4.24. The van der Waals surface area contributed by atoms with E-state index in [1.165, 1.54) is 0 Å². The molecule has 0 radical (unpaired) electrons. The average Bonchev–Trinajstić information content (AvgIpc) is 2.91. The highest BCUT2D eigenvalue weighted by Gasteiger charge is 2.17. The Kier molecular flexibility index (Phi) is 9.58. The van der Waals surface area contributed by atoms with Gasteiger partial charge in [0.1, 0.15) is 23.7 Å². The Morgan fingerprint density at radius 2 is 1.86 bits per heavy atom. The van der Waals surface area contributed by atoms with Crippen molar-refractivity contribution >= 4 is 17.5 Å². The van der Waals surface area contributed by atoms with Crippen molar-refractivity contribution in [3.05, 3.63) is 60.0 Å². The predicted molar refractivity (Wildman–Crippen MR) is 143 cm³/mol. The molecule has 1 aromatic carbocycles. The number of pyridine rings is 1. The maximum absolute atomic E-state index is 11.9. The van der Waals surface area contributed by atoms with Gasteiger partial charge in [-0.1, -0.05) is 19.9 Å². The average molecular weight is 493 g/mol. The zero-order valence-electron chi connectivity index (χ0n) is 21.6. The number of carbonyl (C=O) groups is 1. The first kappa shape index (κ1) is 26.9. The molecule has 0 aliphatic carbocycles. The van der Waals surface area contributed by atoms with E-state index in [2.05, 4.69) is 44.7 Å². The molecule has 9 nitrogen and oxygen atoms in total. The van der Waals surface area contributed by atoms with Gasteiger partial charge in [0.15, 0.2) is 0 Å². The summed E-state index contributed by atoms with van der Waals surface area (Å²) in [6, 6.07) is 11.3. The van der Waals surface area contributed by atoms with Crippen LogP contribution in [0.1, 0.15) is 49.0 Å². The third-order valence-electron chi connectivity index (χ3n) is 6.04. The Bertz CT molecular complexity index is 1140. The van der Waals surface area contributed by atoms with Gasteiger partial charge in [-0.2, -0.15) is 0 Å². The number of nitrogens with one attached hydrogen (secondary N) is 3. The molecule has 3 atom stereocenters. The van der Waals surface area contributed by atoms with Crippen molar-refractivity contribution in [3.63, 3.8) is 0 Å². The van der Waals surface area contributed by atoms with Crippen LogP contribution in [0.3, 0.4) is 0 Å². The molecule has 9 heteroatoms. The number of hydrogen-bond acceptors (Lipinski definition) is 8. The van der Waals surface area contributed by atoms with Crippen LogP contribution in [0.5, 0.6) is 5.75 Å². The maximum Gasteiger partial charge on any atom is 0.251 e. The Labute approximate surface area is 212 Å². The number of hydrogen-bond donors (Lipinski definition) is 4. The molecule has 0 aliphatic rings. The second kappa shape index (κ2) is 12.8. The molecule has 0 aliphatic heterocycles. The molecular weight excluding hydrogens is 456 g/mol. The molecule has 1 amide bonds. The van der Waals surface area contributed by atoms with E-state index in [1.54, 1.807) is 32.7 Å². The number of aromatic nitrogens is 3. The summed E-state index contributed by atoms with van der Waals surface area (Å²) in [6.45, 7) is 7.04. The van der Waals surface area contributed by atoms with Crippen LogP contribution >= 0.6 is 0 Å². The summed E-state index contributed by atoms with van der Waals surface area (Å²) < 4.78 is 5.57. The van der Waals surface area contributed by atoms with Crippen molar-refractivity contribution < 1.29 is 14.6 Å². The molecule has 2 unspecified atom stereocenters. The molecule has 3 rings (SSSR count). The van der Waals surface area contributed by atoms with Gasteiger partial charge < -0.3 is 25.8 Å². The number of anilines is 2. The molecular formula is C27H36N6O3. The fourth-order valence-electron chi connectivity index (χ4n) is 4.04. The Morgan fingerprint density at radius 1 is 1.06 bits per heavy atom. The van der Waals surface area contributed by atoms with E-state index in [0.29, 0.717) is 17.3 Å². The van der Waals surface area contributed by atoms with Crippen molar-refractivity contribution in [2.24, 2.45) is 5.92 Å². The molecule has 0 spiro atoms. The van der Waals surface area contributed by atoms with Crippen LogP contribution in [0.4, 0.5) is 11.6 Å². The Morgan fingerprint density at radius 3 is 2.53 bits per heavy atom. The number of amides is 1. The van der Waals surface area contributed by atoms with E-state index in [4.69, 9.17) is 4.74 Å². The number of methoxy groups -OCH3 is 1. The Hall–Kier alpha value is -3.72. The van der Waals surface area contributed by atoms with Gasteiger partial charge in [-0.15, -0.1) is 0 Å². The minimum atomic E-state index is -0.131. The molecule has 192 valence electrons. The van der Waals surface area contributed by atoms with Crippen LogP contribution < -0.4 is 20.7 Å². The van der Waals surface area contributed by atoms with Crippen molar-refractivity contribution in [2.75, 3.05) is 37.9 Å². The molecule has 0 saturated heterocycles. The number of aliphatic hydroxyl groups is 1. The summed E-state index contributed by atoms with van der Waals surface area (Å²) in [5.74, 6) is 2.67. The molecule has 3 aromatic rings. The molecule has 2 heterocycles. The fourth-order valence-corrected chi connectivity index (χ4v) is 4.04. The number of benzene rings is 1. The van der Waals surface area contributed by atoms with Crippen LogP contribution in [-0.2, 0) is 0 Å². The quantitative estimate of drug-likeness (QED) is 0.300. The summed E-state index contributed by atoms with van der Waals surface area (Å²) in [7, 11) is 3.25. The number of nitrogens with zero attached hydrogens (tertiary/aromatic N) is 3. The minimum absolute atomic E-state index is 0.0408. The van der Waals surface area contributed by atoms with Crippen molar-refractivity contribution in [3.8, 4) is 17.0 Å². The molecule has 36 heavy (non-hydrogen) atoms. The summed E-state index contributed by atoms with van der Waals surface area (Å²) in [4.78, 5) is 25.1. The van der Waals surface area contributed by atoms with E-state index in [0.717, 1.165) is 41.4 Å². The summed E-state index contributed by atoms with van der Waals surface area (Å²) >= 11 is 0. The second-order valence-electron chi connectivity index (χ2n) is 9.11. The maximum atomic E-state index is 11.9.